The number of carboxylic acids is 1. The molecule has 2 nitrogen and oxygen atoms in total. The van der Waals surface area contributed by atoms with Crippen molar-refractivity contribution < 1.29 is 9.90 Å². The van der Waals surface area contributed by atoms with Crippen LogP contribution in [0.3, 0.4) is 0 Å². The van der Waals surface area contributed by atoms with E-state index in [1.165, 1.54) is 32.1 Å². The van der Waals surface area contributed by atoms with Crippen molar-refractivity contribution in [3.8, 4) is 0 Å². The lowest BCUT2D eigenvalue weighted by atomic mass is 9.81. The molecule has 2 atom stereocenters. The van der Waals surface area contributed by atoms with E-state index in [2.05, 4.69) is 13.8 Å². The van der Waals surface area contributed by atoms with Crippen molar-refractivity contribution in [3.05, 3.63) is 0 Å². The summed E-state index contributed by atoms with van der Waals surface area (Å²) >= 11 is 0. The van der Waals surface area contributed by atoms with E-state index in [-0.39, 0.29) is 0 Å². The highest BCUT2D eigenvalue weighted by Crippen LogP contribution is 2.29. The first-order chi connectivity index (χ1) is 6.06. The van der Waals surface area contributed by atoms with E-state index in [9.17, 15) is 0 Å². The van der Waals surface area contributed by atoms with E-state index >= 15 is 0 Å². The second kappa shape index (κ2) is 6.93. The fraction of sp³-hybridized carbons (Fsp3) is 0.909. The van der Waals surface area contributed by atoms with Crippen LogP contribution in [0.2, 0.25) is 0 Å². The minimum Gasteiger partial charge on any atom is -0.481 e. The summed E-state index contributed by atoms with van der Waals surface area (Å²) in [5.41, 5.74) is 0. The Balaban J connectivity index is 0.000000310. The van der Waals surface area contributed by atoms with Gasteiger partial charge in [-0.2, -0.15) is 0 Å². The van der Waals surface area contributed by atoms with E-state index in [0.29, 0.717) is 0 Å². The minimum absolute atomic E-state index is 0.833. The van der Waals surface area contributed by atoms with Gasteiger partial charge >= 0.3 is 0 Å². The number of carbonyl (C=O) groups is 1. The van der Waals surface area contributed by atoms with Crippen LogP contribution >= 0.6 is 0 Å². The monoisotopic (exact) mass is 186 g/mol. The summed E-state index contributed by atoms with van der Waals surface area (Å²) in [6.45, 7) is 5.80. The molecule has 0 radical (unpaired) electrons. The highest BCUT2D eigenvalue weighted by atomic mass is 16.4. The summed E-state index contributed by atoms with van der Waals surface area (Å²) in [7, 11) is 0. The molecule has 0 aromatic carbocycles. The highest BCUT2D eigenvalue weighted by Gasteiger charge is 2.16. The molecule has 2 unspecified atom stereocenters. The first-order valence-corrected chi connectivity index (χ1v) is 5.25. The zero-order valence-corrected chi connectivity index (χ0v) is 9.05. The molecule has 13 heavy (non-hydrogen) atoms. The van der Waals surface area contributed by atoms with E-state index in [0.717, 1.165) is 18.8 Å². The largest absolute Gasteiger partial charge is 0.481 e. The van der Waals surface area contributed by atoms with E-state index in [4.69, 9.17) is 9.90 Å². The Labute approximate surface area is 81.3 Å². The zero-order chi connectivity index (χ0) is 10.3. The summed E-state index contributed by atoms with van der Waals surface area (Å²) in [4.78, 5) is 9.00. The molecule has 0 heterocycles. The molecular formula is C11H22O2. The van der Waals surface area contributed by atoms with Crippen molar-refractivity contribution in [2.75, 3.05) is 0 Å². The summed E-state index contributed by atoms with van der Waals surface area (Å²) in [5, 5.41) is 7.42. The number of hydrogen-bond donors (Lipinski definition) is 1. The lowest BCUT2D eigenvalue weighted by Gasteiger charge is -2.25. The predicted molar refractivity (Wildman–Crippen MR) is 54.7 cm³/mol. The van der Waals surface area contributed by atoms with Crippen molar-refractivity contribution in [3.63, 3.8) is 0 Å². The third kappa shape index (κ3) is 7.82. The second-order valence-corrected chi connectivity index (χ2v) is 4.07. The van der Waals surface area contributed by atoms with Crippen LogP contribution in [0.1, 0.15) is 52.9 Å². The van der Waals surface area contributed by atoms with Crippen LogP contribution in [0.5, 0.6) is 0 Å². The van der Waals surface area contributed by atoms with Gasteiger partial charge in [0.15, 0.2) is 0 Å². The molecule has 1 aliphatic carbocycles. The van der Waals surface area contributed by atoms with Gasteiger partial charge in [-0.3, -0.25) is 4.79 Å². The average Bonchev–Trinajstić information content (AvgIpc) is 2.03. The highest BCUT2D eigenvalue weighted by molar-refractivity contribution is 5.62. The number of hydrogen-bond acceptors (Lipinski definition) is 1. The SMILES string of the molecule is CC(=O)O.CCC1CCCC(C)C1. The fourth-order valence-corrected chi connectivity index (χ4v) is 1.93. The third-order valence-electron chi connectivity index (χ3n) is 2.62. The Bertz CT molecular complexity index is 139. The lowest BCUT2D eigenvalue weighted by molar-refractivity contribution is -0.134. The number of carboxylic acid groups (broad SMARTS) is 1. The molecule has 0 saturated heterocycles. The minimum atomic E-state index is -0.833. The summed E-state index contributed by atoms with van der Waals surface area (Å²) in [5.74, 6) is 1.25. The Morgan fingerprint density at radius 2 is 2.00 bits per heavy atom. The normalized spacial score (nSPS) is 27.3. The van der Waals surface area contributed by atoms with Crippen LogP contribution in [0.25, 0.3) is 0 Å². The smallest absolute Gasteiger partial charge is 0.300 e. The molecule has 0 spiro atoms. The predicted octanol–water partition coefficient (Wildman–Crippen LogP) is 3.31. The number of aliphatic carboxylic acids is 1. The number of rotatable bonds is 1. The van der Waals surface area contributed by atoms with Crippen molar-refractivity contribution in [2.45, 2.75) is 52.9 Å². The van der Waals surface area contributed by atoms with Crippen LogP contribution in [-0.4, -0.2) is 11.1 Å². The van der Waals surface area contributed by atoms with Crippen molar-refractivity contribution in [2.24, 2.45) is 11.8 Å². The summed E-state index contributed by atoms with van der Waals surface area (Å²) < 4.78 is 0. The molecule has 1 aliphatic rings. The standard InChI is InChI=1S/C9H18.C2H4O2/c1-3-9-6-4-5-8(2)7-9;1-2(3)4/h8-9H,3-7H2,1-2H3;1H3,(H,3,4). The molecule has 0 aromatic rings. The molecule has 0 aromatic heterocycles. The maximum atomic E-state index is 9.00. The second-order valence-electron chi connectivity index (χ2n) is 4.07. The van der Waals surface area contributed by atoms with Gasteiger partial charge in [0, 0.05) is 6.92 Å². The third-order valence-corrected chi connectivity index (χ3v) is 2.62. The molecule has 0 amide bonds. The molecule has 0 aliphatic heterocycles. The molecule has 1 N–H and O–H groups in total. The quantitative estimate of drug-likeness (QED) is 0.682. The van der Waals surface area contributed by atoms with Crippen molar-refractivity contribution in [1.29, 1.82) is 0 Å². The maximum absolute atomic E-state index is 9.00. The van der Waals surface area contributed by atoms with Gasteiger partial charge in [0.1, 0.15) is 0 Å². The fourth-order valence-electron chi connectivity index (χ4n) is 1.93. The van der Waals surface area contributed by atoms with Gasteiger partial charge in [-0.05, 0) is 18.3 Å². The molecule has 1 fully saturated rings. The first-order valence-electron chi connectivity index (χ1n) is 5.25. The van der Waals surface area contributed by atoms with Crippen molar-refractivity contribution in [1.82, 2.24) is 0 Å². The van der Waals surface area contributed by atoms with Gasteiger partial charge in [0.25, 0.3) is 5.97 Å². The zero-order valence-electron chi connectivity index (χ0n) is 9.05. The van der Waals surface area contributed by atoms with E-state index in [1.54, 1.807) is 0 Å². The van der Waals surface area contributed by atoms with Crippen LogP contribution in [0, 0.1) is 11.8 Å². The van der Waals surface area contributed by atoms with Crippen LogP contribution in [0.15, 0.2) is 0 Å². The van der Waals surface area contributed by atoms with Gasteiger partial charge in [-0.1, -0.05) is 39.5 Å². The van der Waals surface area contributed by atoms with E-state index in [1.807, 2.05) is 0 Å². The van der Waals surface area contributed by atoms with Crippen LogP contribution < -0.4 is 0 Å². The molecule has 1 rings (SSSR count). The molecule has 0 bridgehead atoms. The average molecular weight is 186 g/mol. The Kier molecular flexibility index (Phi) is 6.65. The lowest BCUT2D eigenvalue weighted by Crippen LogP contribution is -2.11. The Hall–Kier alpha value is -0.530. The molecular weight excluding hydrogens is 164 g/mol. The van der Waals surface area contributed by atoms with Gasteiger partial charge in [-0.15, -0.1) is 0 Å². The van der Waals surface area contributed by atoms with Crippen molar-refractivity contribution >= 4 is 5.97 Å². The molecule has 1 saturated carbocycles. The van der Waals surface area contributed by atoms with Gasteiger partial charge in [-0.25, -0.2) is 0 Å². The molecule has 78 valence electrons. The van der Waals surface area contributed by atoms with Gasteiger partial charge < -0.3 is 5.11 Å². The van der Waals surface area contributed by atoms with Gasteiger partial charge in [0.2, 0.25) is 0 Å². The topological polar surface area (TPSA) is 37.3 Å². The summed E-state index contributed by atoms with van der Waals surface area (Å²) in [6.07, 6.45) is 7.37. The van der Waals surface area contributed by atoms with Gasteiger partial charge in [0.05, 0.1) is 0 Å². The maximum Gasteiger partial charge on any atom is 0.300 e. The Morgan fingerprint density at radius 3 is 2.31 bits per heavy atom. The van der Waals surface area contributed by atoms with Crippen LogP contribution in [-0.2, 0) is 4.79 Å². The summed E-state index contributed by atoms with van der Waals surface area (Å²) in [6, 6.07) is 0. The Morgan fingerprint density at radius 1 is 1.46 bits per heavy atom. The first kappa shape index (κ1) is 12.5. The van der Waals surface area contributed by atoms with Crippen LogP contribution in [0.4, 0.5) is 0 Å². The van der Waals surface area contributed by atoms with E-state index < -0.39 is 5.97 Å². The molecule has 2 heteroatoms.